The number of hydrogen-bond acceptors (Lipinski definition) is 3. The quantitative estimate of drug-likeness (QED) is 0.862. The van der Waals surface area contributed by atoms with Crippen molar-refractivity contribution >= 4 is 11.8 Å². The zero-order chi connectivity index (χ0) is 14.0. The molecule has 104 valence electrons. The summed E-state index contributed by atoms with van der Waals surface area (Å²) in [5.74, 6) is -0.134. The van der Waals surface area contributed by atoms with Gasteiger partial charge in [-0.2, -0.15) is 5.10 Å². The van der Waals surface area contributed by atoms with Gasteiger partial charge in [0.25, 0.3) is 0 Å². The van der Waals surface area contributed by atoms with Crippen LogP contribution in [-0.4, -0.2) is 38.6 Å². The average Bonchev–Trinajstić information content (AvgIpc) is 2.83. The molecule has 1 saturated heterocycles. The third kappa shape index (κ3) is 2.62. The first-order chi connectivity index (χ1) is 8.98. The summed E-state index contributed by atoms with van der Waals surface area (Å²) in [4.78, 5) is 25.7. The molecule has 1 fully saturated rings. The van der Waals surface area contributed by atoms with Gasteiger partial charge in [0.05, 0.1) is 12.7 Å². The van der Waals surface area contributed by atoms with E-state index in [2.05, 4.69) is 10.4 Å². The Labute approximate surface area is 112 Å². The lowest BCUT2D eigenvalue weighted by Gasteiger charge is -2.39. The van der Waals surface area contributed by atoms with Gasteiger partial charge in [0, 0.05) is 24.8 Å². The summed E-state index contributed by atoms with van der Waals surface area (Å²) in [6, 6.07) is 0. The SMILES string of the molecule is CCn1cc(CN2CC(=O)NC(C)(CC)C2=O)cn1. The molecule has 2 amide bonds. The second-order valence-corrected chi connectivity index (χ2v) is 5.10. The maximum Gasteiger partial charge on any atom is 0.248 e. The Hall–Kier alpha value is -1.85. The van der Waals surface area contributed by atoms with Crippen molar-refractivity contribution in [3.05, 3.63) is 18.0 Å². The molecule has 0 bridgehead atoms. The number of aryl methyl sites for hydroxylation is 1. The molecule has 1 aromatic rings. The molecular formula is C13H20N4O2. The highest BCUT2D eigenvalue weighted by atomic mass is 16.2. The molecule has 1 unspecified atom stereocenters. The standard InChI is InChI=1S/C13H20N4O2/c1-4-13(3)12(19)16(9-11(18)15-13)7-10-6-14-17(5-2)8-10/h6,8H,4-5,7,9H2,1-3H3,(H,15,18). The number of nitrogens with zero attached hydrogens (tertiary/aromatic N) is 3. The summed E-state index contributed by atoms with van der Waals surface area (Å²) in [6.45, 7) is 7.02. The number of amides is 2. The second-order valence-electron chi connectivity index (χ2n) is 5.10. The van der Waals surface area contributed by atoms with Crippen LogP contribution in [0.1, 0.15) is 32.8 Å². The fourth-order valence-corrected chi connectivity index (χ4v) is 2.24. The minimum atomic E-state index is -0.782. The Kier molecular flexibility index (Phi) is 3.59. The van der Waals surface area contributed by atoms with Crippen molar-refractivity contribution in [2.75, 3.05) is 6.54 Å². The molecule has 0 radical (unpaired) electrons. The predicted octanol–water partition coefficient (Wildman–Crippen LogP) is 0.530. The van der Waals surface area contributed by atoms with Crippen molar-refractivity contribution in [1.82, 2.24) is 20.0 Å². The van der Waals surface area contributed by atoms with E-state index >= 15 is 0 Å². The Balaban J connectivity index is 2.14. The van der Waals surface area contributed by atoms with Crippen LogP contribution in [0.15, 0.2) is 12.4 Å². The highest BCUT2D eigenvalue weighted by Crippen LogP contribution is 2.19. The molecule has 0 aromatic carbocycles. The third-order valence-electron chi connectivity index (χ3n) is 3.60. The lowest BCUT2D eigenvalue weighted by atomic mass is 9.94. The number of rotatable bonds is 4. The summed E-state index contributed by atoms with van der Waals surface area (Å²) in [5, 5.41) is 6.95. The maximum absolute atomic E-state index is 12.4. The van der Waals surface area contributed by atoms with E-state index < -0.39 is 5.54 Å². The summed E-state index contributed by atoms with van der Waals surface area (Å²) >= 11 is 0. The van der Waals surface area contributed by atoms with Crippen molar-refractivity contribution in [3.8, 4) is 0 Å². The molecule has 2 heterocycles. The fourth-order valence-electron chi connectivity index (χ4n) is 2.24. The van der Waals surface area contributed by atoms with Gasteiger partial charge in [-0.15, -0.1) is 0 Å². The van der Waals surface area contributed by atoms with E-state index in [1.807, 2.05) is 24.7 Å². The Morgan fingerprint density at radius 3 is 2.74 bits per heavy atom. The van der Waals surface area contributed by atoms with Gasteiger partial charge < -0.3 is 10.2 Å². The summed E-state index contributed by atoms with van der Waals surface area (Å²) in [5.41, 5.74) is 0.166. The molecule has 1 N–H and O–H groups in total. The number of piperazine rings is 1. The summed E-state index contributed by atoms with van der Waals surface area (Å²) in [6.07, 6.45) is 4.23. The van der Waals surface area contributed by atoms with Crippen LogP contribution in [0.3, 0.4) is 0 Å². The molecule has 1 aromatic heterocycles. The average molecular weight is 264 g/mol. The highest BCUT2D eigenvalue weighted by molar-refractivity contribution is 5.97. The molecular weight excluding hydrogens is 244 g/mol. The molecule has 1 aliphatic heterocycles. The Morgan fingerprint density at radius 1 is 1.42 bits per heavy atom. The van der Waals surface area contributed by atoms with E-state index in [1.54, 1.807) is 18.0 Å². The van der Waals surface area contributed by atoms with Crippen LogP contribution in [0.5, 0.6) is 0 Å². The lowest BCUT2D eigenvalue weighted by molar-refractivity contribution is -0.149. The number of nitrogens with one attached hydrogen (secondary N) is 1. The molecule has 0 spiro atoms. The molecule has 0 aliphatic carbocycles. The van der Waals surface area contributed by atoms with Crippen LogP contribution in [0.25, 0.3) is 0 Å². The smallest absolute Gasteiger partial charge is 0.248 e. The molecule has 1 atom stereocenters. The largest absolute Gasteiger partial charge is 0.340 e. The van der Waals surface area contributed by atoms with Crippen molar-refractivity contribution in [2.24, 2.45) is 0 Å². The van der Waals surface area contributed by atoms with E-state index in [4.69, 9.17) is 0 Å². The molecule has 0 saturated carbocycles. The van der Waals surface area contributed by atoms with E-state index in [0.717, 1.165) is 12.1 Å². The molecule has 19 heavy (non-hydrogen) atoms. The van der Waals surface area contributed by atoms with Gasteiger partial charge in [0.15, 0.2) is 0 Å². The minimum Gasteiger partial charge on any atom is -0.340 e. The zero-order valence-electron chi connectivity index (χ0n) is 11.6. The van der Waals surface area contributed by atoms with E-state index in [-0.39, 0.29) is 18.4 Å². The lowest BCUT2D eigenvalue weighted by Crippen LogP contribution is -2.64. The minimum absolute atomic E-state index is 0.0288. The van der Waals surface area contributed by atoms with Crippen LogP contribution in [-0.2, 0) is 22.7 Å². The first kappa shape index (κ1) is 13.6. The second kappa shape index (κ2) is 5.03. The monoisotopic (exact) mass is 264 g/mol. The van der Waals surface area contributed by atoms with Crippen LogP contribution < -0.4 is 5.32 Å². The first-order valence-corrected chi connectivity index (χ1v) is 6.60. The van der Waals surface area contributed by atoms with Crippen molar-refractivity contribution in [2.45, 2.75) is 45.8 Å². The van der Waals surface area contributed by atoms with Gasteiger partial charge in [0.2, 0.25) is 11.8 Å². The van der Waals surface area contributed by atoms with Gasteiger partial charge in [-0.05, 0) is 20.3 Å². The van der Waals surface area contributed by atoms with Gasteiger partial charge >= 0.3 is 0 Å². The highest BCUT2D eigenvalue weighted by Gasteiger charge is 2.41. The number of carbonyl (C=O) groups is 2. The summed E-state index contributed by atoms with van der Waals surface area (Å²) in [7, 11) is 0. The number of carbonyl (C=O) groups excluding carboxylic acids is 2. The van der Waals surface area contributed by atoms with Crippen molar-refractivity contribution in [1.29, 1.82) is 0 Å². The molecule has 1 aliphatic rings. The maximum atomic E-state index is 12.4. The van der Waals surface area contributed by atoms with Crippen molar-refractivity contribution < 1.29 is 9.59 Å². The number of aromatic nitrogens is 2. The third-order valence-corrected chi connectivity index (χ3v) is 3.60. The van der Waals surface area contributed by atoms with Crippen LogP contribution in [0.2, 0.25) is 0 Å². The zero-order valence-corrected chi connectivity index (χ0v) is 11.6. The van der Waals surface area contributed by atoms with Crippen molar-refractivity contribution in [3.63, 3.8) is 0 Å². The molecule has 6 nitrogen and oxygen atoms in total. The Bertz CT molecular complexity index is 497. The molecule has 2 rings (SSSR count). The van der Waals surface area contributed by atoms with Crippen LogP contribution in [0.4, 0.5) is 0 Å². The summed E-state index contributed by atoms with van der Waals surface area (Å²) < 4.78 is 1.81. The van der Waals surface area contributed by atoms with E-state index in [9.17, 15) is 9.59 Å². The van der Waals surface area contributed by atoms with Gasteiger partial charge in [0.1, 0.15) is 5.54 Å². The van der Waals surface area contributed by atoms with Crippen LogP contribution >= 0.6 is 0 Å². The number of hydrogen-bond donors (Lipinski definition) is 1. The van der Waals surface area contributed by atoms with Gasteiger partial charge in [-0.25, -0.2) is 0 Å². The topological polar surface area (TPSA) is 67.2 Å². The van der Waals surface area contributed by atoms with E-state index in [1.165, 1.54) is 0 Å². The Morgan fingerprint density at radius 2 is 2.16 bits per heavy atom. The van der Waals surface area contributed by atoms with E-state index in [0.29, 0.717) is 13.0 Å². The van der Waals surface area contributed by atoms with Gasteiger partial charge in [-0.3, -0.25) is 14.3 Å². The fraction of sp³-hybridized carbons (Fsp3) is 0.615. The van der Waals surface area contributed by atoms with Crippen LogP contribution in [0, 0.1) is 0 Å². The molecule has 6 heteroatoms. The predicted molar refractivity (Wildman–Crippen MR) is 70.2 cm³/mol. The first-order valence-electron chi connectivity index (χ1n) is 6.60. The van der Waals surface area contributed by atoms with Gasteiger partial charge in [-0.1, -0.05) is 6.92 Å². The normalized spacial score (nSPS) is 23.6.